The van der Waals surface area contributed by atoms with E-state index in [0.717, 1.165) is 6.08 Å². The lowest BCUT2D eigenvalue weighted by molar-refractivity contribution is -0.145. The van der Waals surface area contributed by atoms with Crippen LogP contribution in [0.25, 0.3) is 0 Å². The fourth-order valence-corrected chi connectivity index (χ4v) is 4.36. The summed E-state index contributed by atoms with van der Waals surface area (Å²) in [5, 5.41) is 0.433. The van der Waals surface area contributed by atoms with Crippen molar-refractivity contribution in [2.24, 2.45) is 0 Å². The van der Waals surface area contributed by atoms with Crippen LogP contribution in [0.4, 0.5) is 0 Å². The van der Waals surface area contributed by atoms with Crippen molar-refractivity contribution in [2.45, 2.75) is 17.4 Å². The Kier molecular flexibility index (Phi) is 3.78. The molecule has 1 heterocycles. The van der Waals surface area contributed by atoms with Crippen LogP contribution in [0.3, 0.4) is 0 Å². The highest BCUT2D eigenvalue weighted by Gasteiger charge is 2.47. The molecule has 0 aliphatic carbocycles. The van der Waals surface area contributed by atoms with E-state index in [2.05, 4.69) is 0 Å². The highest BCUT2D eigenvalue weighted by Crippen LogP contribution is 2.42. The highest BCUT2D eigenvalue weighted by molar-refractivity contribution is 7.95. The number of halogens is 1. The van der Waals surface area contributed by atoms with Crippen LogP contribution >= 0.6 is 11.6 Å². The summed E-state index contributed by atoms with van der Waals surface area (Å²) in [4.78, 5) is 11.8. The lowest BCUT2D eigenvalue weighted by Crippen LogP contribution is -2.29. The lowest BCUT2D eigenvalue weighted by Gasteiger charge is -2.27. The van der Waals surface area contributed by atoms with Crippen molar-refractivity contribution in [2.75, 3.05) is 0 Å². The van der Waals surface area contributed by atoms with Gasteiger partial charge in [0.25, 0.3) is 0 Å². The van der Waals surface area contributed by atoms with Gasteiger partial charge >= 0.3 is 5.97 Å². The predicted molar refractivity (Wildman–Crippen MR) is 86.6 cm³/mol. The fourth-order valence-electron chi connectivity index (χ4n) is 2.56. The van der Waals surface area contributed by atoms with Crippen molar-refractivity contribution in [3.05, 3.63) is 76.2 Å². The maximum atomic E-state index is 12.9. The van der Waals surface area contributed by atoms with Crippen LogP contribution < -0.4 is 0 Å². The first-order valence-electron chi connectivity index (χ1n) is 6.85. The number of carbonyl (C=O) groups excluding carboxylic acids is 1. The first-order valence-corrected chi connectivity index (χ1v) is 8.71. The summed E-state index contributed by atoms with van der Waals surface area (Å²) in [5.41, 5.74) is -0.758. The Morgan fingerprint density at radius 2 is 1.61 bits per heavy atom. The molecule has 0 spiro atoms. The molecule has 0 aromatic heterocycles. The van der Waals surface area contributed by atoms with Gasteiger partial charge in [-0.25, -0.2) is 13.2 Å². The zero-order valence-electron chi connectivity index (χ0n) is 12.2. The molecule has 118 valence electrons. The Balaban J connectivity index is 2.15. The molecule has 0 bridgehead atoms. The average molecular weight is 349 g/mol. The summed E-state index contributed by atoms with van der Waals surface area (Å²) in [6, 6.07) is 14.6. The summed E-state index contributed by atoms with van der Waals surface area (Å²) in [6.07, 6.45) is 1.04. The Hall–Kier alpha value is -2.11. The number of sulfone groups is 1. The minimum absolute atomic E-state index is 0.0635. The van der Waals surface area contributed by atoms with Crippen molar-refractivity contribution in [3.63, 3.8) is 0 Å². The molecular weight excluding hydrogens is 336 g/mol. The molecule has 1 atom stereocenters. The summed E-state index contributed by atoms with van der Waals surface area (Å²) in [6.45, 7) is 1.58. The van der Waals surface area contributed by atoms with Gasteiger partial charge in [-0.05, 0) is 31.2 Å². The summed E-state index contributed by atoms with van der Waals surface area (Å²) in [7, 11) is -3.89. The second-order valence-electron chi connectivity index (χ2n) is 5.29. The number of esters is 1. The van der Waals surface area contributed by atoms with Gasteiger partial charge in [0.05, 0.1) is 4.90 Å². The van der Waals surface area contributed by atoms with Crippen LogP contribution in [0.15, 0.2) is 70.5 Å². The normalized spacial score (nSPS) is 21.0. The van der Waals surface area contributed by atoms with E-state index in [1.54, 1.807) is 37.3 Å². The van der Waals surface area contributed by atoms with Crippen molar-refractivity contribution in [1.29, 1.82) is 0 Å². The summed E-state index contributed by atoms with van der Waals surface area (Å²) >= 11 is 5.81. The molecule has 4 nitrogen and oxygen atoms in total. The van der Waals surface area contributed by atoms with E-state index in [1.165, 1.54) is 24.3 Å². The van der Waals surface area contributed by atoms with Gasteiger partial charge in [0.1, 0.15) is 4.91 Å². The molecule has 6 heteroatoms. The van der Waals surface area contributed by atoms with Gasteiger partial charge < -0.3 is 4.74 Å². The molecule has 2 aromatic rings. The smallest absolute Gasteiger partial charge is 0.333 e. The van der Waals surface area contributed by atoms with Crippen molar-refractivity contribution in [1.82, 2.24) is 0 Å². The SMILES string of the molecule is CC1(c2ccccc2)OC(=O)C=C1S(=O)(=O)c1ccc(Cl)cc1. The van der Waals surface area contributed by atoms with Gasteiger partial charge in [-0.15, -0.1) is 0 Å². The molecule has 1 aliphatic heterocycles. The monoisotopic (exact) mass is 348 g/mol. The quantitative estimate of drug-likeness (QED) is 0.797. The van der Waals surface area contributed by atoms with Crippen LogP contribution in [0.1, 0.15) is 12.5 Å². The summed E-state index contributed by atoms with van der Waals surface area (Å²) < 4.78 is 31.2. The number of ether oxygens (including phenoxy) is 1. The first-order chi connectivity index (χ1) is 10.8. The Morgan fingerprint density at radius 1 is 1.00 bits per heavy atom. The van der Waals surface area contributed by atoms with Crippen LogP contribution in [0, 0.1) is 0 Å². The Morgan fingerprint density at radius 3 is 2.22 bits per heavy atom. The van der Waals surface area contributed by atoms with E-state index in [4.69, 9.17) is 16.3 Å². The molecule has 0 fully saturated rings. The van der Waals surface area contributed by atoms with Crippen LogP contribution in [-0.2, 0) is 25.0 Å². The Bertz CT molecular complexity index is 886. The maximum Gasteiger partial charge on any atom is 0.333 e. The largest absolute Gasteiger partial charge is 0.446 e. The van der Waals surface area contributed by atoms with E-state index >= 15 is 0 Å². The van der Waals surface area contributed by atoms with E-state index in [-0.39, 0.29) is 9.80 Å². The molecule has 0 saturated carbocycles. The second-order valence-corrected chi connectivity index (χ2v) is 7.64. The third kappa shape index (κ3) is 2.66. The number of hydrogen-bond acceptors (Lipinski definition) is 4. The molecule has 23 heavy (non-hydrogen) atoms. The van der Waals surface area contributed by atoms with Gasteiger partial charge in [-0.3, -0.25) is 0 Å². The van der Waals surface area contributed by atoms with Gasteiger partial charge in [0, 0.05) is 16.7 Å². The third-order valence-corrected chi connectivity index (χ3v) is 5.99. The maximum absolute atomic E-state index is 12.9. The number of carbonyl (C=O) groups is 1. The van der Waals surface area contributed by atoms with E-state index < -0.39 is 21.4 Å². The lowest BCUT2D eigenvalue weighted by atomic mass is 9.96. The van der Waals surface area contributed by atoms with Crippen LogP contribution in [0.5, 0.6) is 0 Å². The molecule has 3 rings (SSSR count). The second kappa shape index (κ2) is 5.51. The van der Waals surface area contributed by atoms with Crippen molar-refractivity contribution >= 4 is 27.4 Å². The van der Waals surface area contributed by atoms with Crippen molar-refractivity contribution in [3.8, 4) is 0 Å². The van der Waals surface area contributed by atoms with Crippen molar-refractivity contribution < 1.29 is 17.9 Å². The van der Waals surface area contributed by atoms with E-state index in [9.17, 15) is 13.2 Å². The average Bonchev–Trinajstić information content (AvgIpc) is 2.85. The molecule has 1 unspecified atom stereocenters. The Labute approximate surface area is 139 Å². The van der Waals surface area contributed by atoms with Gasteiger partial charge in [0.15, 0.2) is 5.60 Å². The molecule has 1 aliphatic rings. The standard InChI is InChI=1S/C17H13ClO4S/c1-17(12-5-3-2-4-6-12)15(11-16(19)22-17)23(20,21)14-9-7-13(18)8-10-14/h2-11H,1H3. The van der Waals surface area contributed by atoms with E-state index in [0.29, 0.717) is 10.6 Å². The molecule has 0 radical (unpaired) electrons. The van der Waals surface area contributed by atoms with Crippen LogP contribution in [-0.4, -0.2) is 14.4 Å². The number of benzene rings is 2. The molecule has 2 aromatic carbocycles. The highest BCUT2D eigenvalue weighted by atomic mass is 35.5. The van der Waals surface area contributed by atoms with Gasteiger partial charge in [-0.1, -0.05) is 41.9 Å². The zero-order chi connectivity index (χ0) is 16.7. The topological polar surface area (TPSA) is 60.4 Å². The first kappa shape index (κ1) is 15.8. The number of cyclic esters (lactones) is 1. The minimum atomic E-state index is -3.89. The van der Waals surface area contributed by atoms with Gasteiger partial charge in [-0.2, -0.15) is 0 Å². The zero-order valence-corrected chi connectivity index (χ0v) is 13.8. The fraction of sp³-hybridized carbons (Fsp3) is 0.118. The molecule has 0 N–H and O–H groups in total. The minimum Gasteiger partial charge on any atom is -0.446 e. The number of hydrogen-bond donors (Lipinski definition) is 0. The molecule has 0 amide bonds. The predicted octanol–water partition coefficient (Wildman–Crippen LogP) is 3.47. The van der Waals surface area contributed by atoms with Crippen LogP contribution in [0.2, 0.25) is 5.02 Å². The molecular formula is C17H13ClO4S. The van der Waals surface area contributed by atoms with E-state index in [1.807, 2.05) is 0 Å². The molecule has 0 saturated heterocycles. The number of rotatable bonds is 3. The third-order valence-electron chi connectivity index (χ3n) is 3.76. The summed E-state index contributed by atoms with van der Waals surface area (Å²) in [5.74, 6) is -0.677. The van der Waals surface area contributed by atoms with Gasteiger partial charge in [0.2, 0.25) is 9.84 Å².